The van der Waals surface area contributed by atoms with E-state index < -0.39 is 0 Å². The van der Waals surface area contributed by atoms with E-state index in [1.165, 1.54) is 18.2 Å². The molecule has 0 aliphatic rings. The minimum Gasteiger partial charge on any atom is -0.508 e. The molecule has 0 heterocycles. The van der Waals surface area contributed by atoms with Gasteiger partial charge in [0, 0.05) is 24.7 Å². The van der Waals surface area contributed by atoms with E-state index in [0.29, 0.717) is 24.1 Å². The largest absolute Gasteiger partial charge is 0.508 e. The number of benzene rings is 1. The van der Waals surface area contributed by atoms with E-state index in [4.69, 9.17) is 0 Å². The molecule has 0 saturated carbocycles. The first kappa shape index (κ1) is 16.0. The van der Waals surface area contributed by atoms with Crippen LogP contribution in [0.2, 0.25) is 0 Å². The van der Waals surface area contributed by atoms with Crippen molar-refractivity contribution in [1.29, 1.82) is 0 Å². The third-order valence-electron chi connectivity index (χ3n) is 3.47. The lowest BCUT2D eigenvalue weighted by Gasteiger charge is -2.32. The molecular formula is C16H26FNO. The van der Waals surface area contributed by atoms with Gasteiger partial charge >= 0.3 is 0 Å². The number of phenolic OH excluding ortho intramolecular Hbond substituents is 1. The molecule has 0 spiro atoms. The summed E-state index contributed by atoms with van der Waals surface area (Å²) in [6.07, 6.45) is 2.14. The molecule has 1 N–H and O–H groups in total. The maximum Gasteiger partial charge on any atom is 0.123 e. The van der Waals surface area contributed by atoms with Crippen LogP contribution in [0.25, 0.3) is 0 Å². The molecule has 0 saturated heterocycles. The quantitative estimate of drug-likeness (QED) is 0.801. The summed E-state index contributed by atoms with van der Waals surface area (Å²) in [4.78, 5) is 2.35. The van der Waals surface area contributed by atoms with E-state index in [-0.39, 0.29) is 11.6 Å². The van der Waals surface area contributed by atoms with E-state index in [0.717, 1.165) is 19.4 Å². The Morgan fingerprint density at radius 2 is 1.84 bits per heavy atom. The summed E-state index contributed by atoms with van der Waals surface area (Å²) in [7, 11) is 0. The third-order valence-corrected chi connectivity index (χ3v) is 3.47. The summed E-state index contributed by atoms with van der Waals surface area (Å²) in [6.45, 7) is 10.3. The van der Waals surface area contributed by atoms with Crippen LogP contribution in [-0.4, -0.2) is 22.6 Å². The summed E-state index contributed by atoms with van der Waals surface area (Å²) < 4.78 is 13.3. The van der Waals surface area contributed by atoms with Crippen molar-refractivity contribution in [2.24, 2.45) is 5.92 Å². The average Bonchev–Trinajstić information content (AvgIpc) is 2.34. The topological polar surface area (TPSA) is 23.5 Å². The van der Waals surface area contributed by atoms with E-state index in [9.17, 15) is 9.50 Å². The van der Waals surface area contributed by atoms with Gasteiger partial charge in [-0.25, -0.2) is 4.39 Å². The molecule has 0 aliphatic heterocycles. The lowest BCUT2D eigenvalue weighted by atomic mass is 10.1. The maximum absolute atomic E-state index is 13.3. The van der Waals surface area contributed by atoms with E-state index >= 15 is 0 Å². The summed E-state index contributed by atoms with van der Waals surface area (Å²) in [5.41, 5.74) is 0.674. The highest BCUT2D eigenvalue weighted by Gasteiger charge is 2.18. The molecule has 0 radical (unpaired) electrons. The lowest BCUT2D eigenvalue weighted by Crippen LogP contribution is -2.36. The molecule has 0 aromatic heterocycles. The monoisotopic (exact) mass is 267 g/mol. The number of hydrogen-bond donors (Lipinski definition) is 1. The third kappa shape index (κ3) is 4.83. The minimum absolute atomic E-state index is 0.182. The highest BCUT2D eigenvalue weighted by Crippen LogP contribution is 2.22. The Hall–Kier alpha value is -1.09. The number of aromatic hydroxyl groups is 1. The number of phenols is 1. The van der Waals surface area contributed by atoms with Gasteiger partial charge in [0.2, 0.25) is 0 Å². The van der Waals surface area contributed by atoms with Crippen LogP contribution < -0.4 is 0 Å². The molecule has 0 fully saturated rings. The van der Waals surface area contributed by atoms with Crippen molar-refractivity contribution in [2.45, 2.75) is 53.1 Å². The van der Waals surface area contributed by atoms with Gasteiger partial charge in [0.15, 0.2) is 0 Å². The lowest BCUT2D eigenvalue weighted by molar-refractivity contribution is 0.156. The zero-order valence-corrected chi connectivity index (χ0v) is 12.5. The number of nitrogens with zero attached hydrogens (tertiary/aromatic N) is 1. The Labute approximate surface area is 116 Å². The molecule has 0 unspecified atom stereocenters. The van der Waals surface area contributed by atoms with Crippen molar-refractivity contribution < 1.29 is 9.50 Å². The smallest absolute Gasteiger partial charge is 0.123 e. The summed E-state index contributed by atoms with van der Waals surface area (Å²) in [5, 5.41) is 9.85. The first-order valence-corrected chi connectivity index (χ1v) is 7.19. The van der Waals surface area contributed by atoms with E-state index in [2.05, 4.69) is 32.6 Å². The molecule has 0 aliphatic carbocycles. The first-order valence-electron chi connectivity index (χ1n) is 7.19. The van der Waals surface area contributed by atoms with Gasteiger partial charge < -0.3 is 5.11 Å². The second-order valence-corrected chi connectivity index (χ2v) is 5.57. The van der Waals surface area contributed by atoms with Crippen molar-refractivity contribution in [3.63, 3.8) is 0 Å². The Morgan fingerprint density at radius 3 is 2.37 bits per heavy atom. The molecular weight excluding hydrogens is 241 g/mol. The zero-order valence-electron chi connectivity index (χ0n) is 12.5. The molecule has 1 rings (SSSR count). The summed E-state index contributed by atoms with van der Waals surface area (Å²) >= 11 is 0. The molecule has 0 amide bonds. The Balaban J connectivity index is 2.89. The van der Waals surface area contributed by atoms with Crippen LogP contribution in [0.15, 0.2) is 18.2 Å². The van der Waals surface area contributed by atoms with Crippen molar-refractivity contribution in [1.82, 2.24) is 4.90 Å². The van der Waals surface area contributed by atoms with Crippen LogP contribution in [-0.2, 0) is 6.54 Å². The van der Waals surface area contributed by atoms with Gasteiger partial charge in [-0.3, -0.25) is 4.90 Å². The van der Waals surface area contributed by atoms with Crippen molar-refractivity contribution in [2.75, 3.05) is 6.54 Å². The molecule has 108 valence electrons. The first-order chi connectivity index (χ1) is 8.97. The van der Waals surface area contributed by atoms with Crippen molar-refractivity contribution in [3.05, 3.63) is 29.6 Å². The molecule has 19 heavy (non-hydrogen) atoms. The predicted molar refractivity (Wildman–Crippen MR) is 77.7 cm³/mol. The Kier molecular flexibility index (Phi) is 6.29. The molecule has 2 nitrogen and oxygen atoms in total. The number of rotatable bonds is 7. The Morgan fingerprint density at radius 1 is 1.21 bits per heavy atom. The molecule has 0 atom stereocenters. The fourth-order valence-electron chi connectivity index (χ4n) is 2.52. The standard InChI is InChI=1S/C16H26FNO/c1-5-15(6-2)18(10-12(3)4)11-13-9-14(17)7-8-16(13)19/h7-9,12,15,19H,5-6,10-11H2,1-4H3. The van der Waals surface area contributed by atoms with Crippen molar-refractivity contribution >= 4 is 0 Å². The van der Waals surface area contributed by atoms with Gasteiger partial charge in [0.05, 0.1) is 0 Å². The van der Waals surface area contributed by atoms with Gasteiger partial charge in [-0.15, -0.1) is 0 Å². The second kappa shape index (κ2) is 7.49. The molecule has 0 bridgehead atoms. The van der Waals surface area contributed by atoms with Crippen LogP contribution in [0, 0.1) is 11.7 Å². The van der Waals surface area contributed by atoms with Gasteiger partial charge in [-0.2, -0.15) is 0 Å². The van der Waals surface area contributed by atoms with Gasteiger partial charge in [0.25, 0.3) is 0 Å². The van der Waals surface area contributed by atoms with Crippen molar-refractivity contribution in [3.8, 4) is 5.75 Å². The van der Waals surface area contributed by atoms with Crippen LogP contribution in [0.1, 0.15) is 46.1 Å². The predicted octanol–water partition coefficient (Wildman–Crippen LogP) is 4.18. The van der Waals surface area contributed by atoms with Crippen LogP contribution in [0.5, 0.6) is 5.75 Å². The SMILES string of the molecule is CCC(CC)N(Cc1cc(F)ccc1O)CC(C)C. The molecule has 3 heteroatoms. The zero-order chi connectivity index (χ0) is 14.4. The highest BCUT2D eigenvalue weighted by atomic mass is 19.1. The fraction of sp³-hybridized carbons (Fsp3) is 0.625. The molecule has 1 aromatic carbocycles. The van der Waals surface area contributed by atoms with Crippen LogP contribution in [0.4, 0.5) is 4.39 Å². The fourth-order valence-corrected chi connectivity index (χ4v) is 2.52. The molecule has 1 aromatic rings. The minimum atomic E-state index is -0.290. The van der Waals surface area contributed by atoms with Gasteiger partial charge in [0.1, 0.15) is 11.6 Å². The van der Waals surface area contributed by atoms with E-state index in [1.54, 1.807) is 0 Å². The second-order valence-electron chi connectivity index (χ2n) is 5.57. The van der Waals surface area contributed by atoms with Crippen LogP contribution in [0.3, 0.4) is 0 Å². The number of halogens is 1. The average molecular weight is 267 g/mol. The summed E-state index contributed by atoms with van der Waals surface area (Å²) in [5.74, 6) is 0.444. The maximum atomic E-state index is 13.3. The van der Waals surface area contributed by atoms with E-state index in [1.807, 2.05) is 0 Å². The number of hydrogen-bond acceptors (Lipinski definition) is 2. The van der Waals surface area contributed by atoms with Crippen LogP contribution >= 0.6 is 0 Å². The Bertz CT molecular complexity index is 388. The normalized spacial score (nSPS) is 11.8. The highest BCUT2D eigenvalue weighted by molar-refractivity contribution is 5.32. The summed E-state index contributed by atoms with van der Waals surface area (Å²) in [6, 6.07) is 4.64. The van der Waals surface area contributed by atoms with Gasteiger partial charge in [-0.1, -0.05) is 27.7 Å². The van der Waals surface area contributed by atoms with Gasteiger partial charge in [-0.05, 0) is 37.0 Å².